The lowest BCUT2D eigenvalue weighted by Crippen LogP contribution is -2.36. The van der Waals surface area contributed by atoms with Crippen molar-refractivity contribution in [2.75, 3.05) is 37.8 Å². The van der Waals surface area contributed by atoms with Crippen LogP contribution >= 0.6 is 0 Å². The van der Waals surface area contributed by atoms with Gasteiger partial charge in [0.2, 0.25) is 0 Å². The maximum Gasteiger partial charge on any atom is 0.124 e. The molecule has 4 nitrogen and oxygen atoms in total. The van der Waals surface area contributed by atoms with Crippen molar-refractivity contribution >= 4 is 5.69 Å². The zero-order valence-corrected chi connectivity index (χ0v) is 13.9. The second kappa shape index (κ2) is 7.24. The van der Waals surface area contributed by atoms with E-state index in [1.165, 1.54) is 16.8 Å². The average molecular weight is 324 g/mol. The molecule has 2 aromatic rings. The van der Waals surface area contributed by atoms with E-state index in [1.807, 2.05) is 6.07 Å². The summed E-state index contributed by atoms with van der Waals surface area (Å²) in [5.74, 6) is 1.02. The van der Waals surface area contributed by atoms with Crippen LogP contribution in [0.3, 0.4) is 0 Å². The number of ether oxygens (including phenoxy) is 2. The van der Waals surface area contributed by atoms with E-state index >= 15 is 0 Å². The molecule has 4 rings (SSSR count). The highest BCUT2D eigenvalue weighted by Gasteiger charge is 2.20. The molecule has 0 saturated carbocycles. The Morgan fingerprint density at radius 3 is 2.58 bits per heavy atom. The van der Waals surface area contributed by atoms with Crippen LogP contribution in [0.4, 0.5) is 5.69 Å². The molecule has 2 aromatic carbocycles. The van der Waals surface area contributed by atoms with Crippen LogP contribution in [0.15, 0.2) is 48.5 Å². The molecule has 0 unspecified atom stereocenters. The van der Waals surface area contributed by atoms with E-state index in [9.17, 15) is 0 Å². The van der Waals surface area contributed by atoms with Crippen molar-refractivity contribution in [3.05, 3.63) is 59.7 Å². The summed E-state index contributed by atoms with van der Waals surface area (Å²) < 4.78 is 11.2. The Labute approximate surface area is 143 Å². The van der Waals surface area contributed by atoms with Gasteiger partial charge >= 0.3 is 0 Å². The van der Waals surface area contributed by atoms with Crippen molar-refractivity contribution in [3.63, 3.8) is 0 Å². The van der Waals surface area contributed by atoms with E-state index in [1.54, 1.807) is 0 Å². The van der Waals surface area contributed by atoms with Gasteiger partial charge in [0.15, 0.2) is 0 Å². The molecule has 2 heterocycles. The molecule has 0 aromatic heterocycles. The molecule has 0 spiro atoms. The van der Waals surface area contributed by atoms with Crippen LogP contribution < -0.4 is 15.0 Å². The topological polar surface area (TPSA) is 33.7 Å². The number of morpholine rings is 1. The predicted octanol–water partition coefficient (Wildman–Crippen LogP) is 3.14. The van der Waals surface area contributed by atoms with Gasteiger partial charge in [-0.15, -0.1) is 0 Å². The molecule has 0 bridgehead atoms. The minimum Gasteiger partial charge on any atom is -0.493 e. The lowest BCUT2D eigenvalue weighted by atomic mass is 10.0. The van der Waals surface area contributed by atoms with Gasteiger partial charge in [0.25, 0.3) is 0 Å². The van der Waals surface area contributed by atoms with Gasteiger partial charge in [-0.05, 0) is 23.8 Å². The molecular formula is C20H24N2O2. The minimum atomic E-state index is 0.369. The lowest BCUT2D eigenvalue weighted by Gasteiger charge is -2.29. The van der Waals surface area contributed by atoms with Gasteiger partial charge in [-0.3, -0.25) is 0 Å². The quantitative estimate of drug-likeness (QED) is 0.937. The van der Waals surface area contributed by atoms with Gasteiger partial charge in [0.1, 0.15) is 5.75 Å². The van der Waals surface area contributed by atoms with Crippen LogP contribution in [0.25, 0.3) is 0 Å². The number of para-hydroxylation sites is 1. The summed E-state index contributed by atoms with van der Waals surface area (Å²) >= 11 is 0. The van der Waals surface area contributed by atoms with Crippen molar-refractivity contribution in [1.82, 2.24) is 5.32 Å². The van der Waals surface area contributed by atoms with Crippen LogP contribution in [0.5, 0.6) is 5.75 Å². The number of nitrogens with zero attached hydrogens (tertiary/aromatic N) is 1. The summed E-state index contributed by atoms with van der Waals surface area (Å²) in [6, 6.07) is 17.6. The molecule has 4 heteroatoms. The second-order valence-corrected chi connectivity index (χ2v) is 6.37. The van der Waals surface area contributed by atoms with Crippen molar-refractivity contribution in [2.45, 2.75) is 19.0 Å². The van der Waals surface area contributed by atoms with E-state index in [2.05, 4.69) is 52.7 Å². The number of anilines is 1. The number of fused-ring (bicyclic) bond motifs is 1. The highest BCUT2D eigenvalue weighted by Crippen LogP contribution is 2.31. The van der Waals surface area contributed by atoms with Gasteiger partial charge < -0.3 is 19.7 Å². The summed E-state index contributed by atoms with van der Waals surface area (Å²) in [5.41, 5.74) is 3.88. The third-order valence-electron chi connectivity index (χ3n) is 4.82. The van der Waals surface area contributed by atoms with E-state index in [-0.39, 0.29) is 0 Å². The minimum absolute atomic E-state index is 0.369. The molecule has 2 aliphatic rings. The van der Waals surface area contributed by atoms with Crippen LogP contribution in [-0.4, -0.2) is 32.9 Å². The van der Waals surface area contributed by atoms with Gasteiger partial charge in [0.05, 0.1) is 19.8 Å². The van der Waals surface area contributed by atoms with E-state index < -0.39 is 0 Å². The smallest absolute Gasteiger partial charge is 0.124 e. The van der Waals surface area contributed by atoms with Crippen LogP contribution in [0, 0.1) is 0 Å². The van der Waals surface area contributed by atoms with Crippen LogP contribution in [-0.2, 0) is 11.3 Å². The summed E-state index contributed by atoms with van der Waals surface area (Å²) in [6.45, 7) is 5.28. The summed E-state index contributed by atoms with van der Waals surface area (Å²) in [7, 11) is 0. The molecule has 0 aliphatic carbocycles. The number of rotatable bonds is 4. The van der Waals surface area contributed by atoms with Gasteiger partial charge in [-0.2, -0.15) is 0 Å². The van der Waals surface area contributed by atoms with Crippen molar-refractivity contribution in [2.24, 2.45) is 0 Å². The Hall–Kier alpha value is -2.04. The second-order valence-electron chi connectivity index (χ2n) is 6.37. The summed E-state index contributed by atoms with van der Waals surface area (Å²) in [6.07, 6.45) is 1.02. The van der Waals surface area contributed by atoms with E-state index in [0.717, 1.165) is 51.6 Å². The Morgan fingerprint density at radius 2 is 1.75 bits per heavy atom. The Bertz CT molecular complexity index is 666. The third-order valence-corrected chi connectivity index (χ3v) is 4.82. The molecule has 1 fully saturated rings. The predicted molar refractivity (Wildman–Crippen MR) is 95.6 cm³/mol. The Morgan fingerprint density at radius 1 is 0.958 bits per heavy atom. The van der Waals surface area contributed by atoms with Crippen molar-refractivity contribution < 1.29 is 9.47 Å². The molecule has 2 aliphatic heterocycles. The number of hydrogen-bond donors (Lipinski definition) is 1. The van der Waals surface area contributed by atoms with E-state index in [0.29, 0.717) is 6.04 Å². The number of benzene rings is 2. The molecule has 1 saturated heterocycles. The zero-order chi connectivity index (χ0) is 16.2. The Kier molecular flexibility index (Phi) is 4.67. The molecule has 0 radical (unpaired) electrons. The first kappa shape index (κ1) is 15.5. The molecule has 24 heavy (non-hydrogen) atoms. The number of nitrogens with one attached hydrogen (secondary N) is 1. The fraction of sp³-hybridized carbons (Fsp3) is 0.400. The molecule has 1 N–H and O–H groups in total. The fourth-order valence-electron chi connectivity index (χ4n) is 3.44. The Balaban J connectivity index is 1.38. The maximum absolute atomic E-state index is 5.73. The standard InChI is InChI=1S/C20H24N2O2/c1-2-4-20-18(3-1)19(9-12-24-20)21-15-16-5-7-17(8-6-16)22-10-13-23-14-11-22/h1-8,19,21H,9-15H2/t19-/m1/s1. The number of hydrogen-bond acceptors (Lipinski definition) is 4. The molecule has 1 atom stereocenters. The van der Waals surface area contributed by atoms with Crippen LogP contribution in [0.2, 0.25) is 0 Å². The van der Waals surface area contributed by atoms with Crippen LogP contribution in [0.1, 0.15) is 23.6 Å². The first-order chi connectivity index (χ1) is 11.9. The lowest BCUT2D eigenvalue weighted by molar-refractivity contribution is 0.122. The highest BCUT2D eigenvalue weighted by atomic mass is 16.5. The third kappa shape index (κ3) is 3.40. The molecule has 0 amide bonds. The maximum atomic E-state index is 5.73. The van der Waals surface area contributed by atoms with Gasteiger partial charge in [-0.25, -0.2) is 0 Å². The first-order valence-electron chi connectivity index (χ1n) is 8.77. The first-order valence-corrected chi connectivity index (χ1v) is 8.77. The molecule has 126 valence electrons. The van der Waals surface area contributed by atoms with Crippen molar-refractivity contribution in [1.29, 1.82) is 0 Å². The normalized spacial score (nSPS) is 20.3. The SMILES string of the molecule is c1ccc2c(c1)OCC[C@H]2NCc1ccc(N2CCOCC2)cc1. The van der Waals surface area contributed by atoms with Gasteiger partial charge in [-0.1, -0.05) is 30.3 Å². The van der Waals surface area contributed by atoms with Gasteiger partial charge in [0, 0.05) is 43.3 Å². The zero-order valence-electron chi connectivity index (χ0n) is 13.9. The largest absolute Gasteiger partial charge is 0.493 e. The summed E-state index contributed by atoms with van der Waals surface area (Å²) in [5, 5.41) is 3.68. The highest BCUT2D eigenvalue weighted by molar-refractivity contribution is 5.48. The summed E-state index contributed by atoms with van der Waals surface area (Å²) in [4.78, 5) is 2.38. The van der Waals surface area contributed by atoms with E-state index in [4.69, 9.17) is 9.47 Å². The van der Waals surface area contributed by atoms with Crippen molar-refractivity contribution in [3.8, 4) is 5.75 Å². The average Bonchev–Trinajstić information content (AvgIpc) is 2.67. The monoisotopic (exact) mass is 324 g/mol. The molecular weight excluding hydrogens is 300 g/mol. The fourth-order valence-corrected chi connectivity index (χ4v) is 3.44.